The van der Waals surface area contributed by atoms with Crippen LogP contribution in [0, 0.1) is 0 Å². The highest BCUT2D eigenvalue weighted by molar-refractivity contribution is 6.17. The minimum Gasteiger partial charge on any atom is -0.309 e. The van der Waals surface area contributed by atoms with E-state index < -0.39 is 0 Å². The lowest BCUT2D eigenvalue weighted by Crippen LogP contribution is -2.15. The lowest BCUT2D eigenvalue weighted by atomic mass is 9.87. The summed E-state index contributed by atoms with van der Waals surface area (Å²) in [5, 5.41) is 6.85. The first-order chi connectivity index (χ1) is 30.2. The fraction of sp³-hybridized carbons (Fsp3) is 0. The second-order valence-corrected chi connectivity index (χ2v) is 15.6. The number of aromatic nitrogens is 3. The average molecular weight is 777 g/mol. The molecule has 1 aromatic heterocycles. The van der Waals surface area contributed by atoms with E-state index in [0.29, 0.717) is 17.5 Å². The molecule has 0 unspecified atom stereocenters. The second kappa shape index (κ2) is 14.3. The largest absolute Gasteiger partial charge is 0.309 e. The predicted octanol–water partition coefficient (Wildman–Crippen LogP) is 15.1. The van der Waals surface area contributed by atoms with Crippen molar-refractivity contribution >= 4 is 49.4 Å². The third kappa shape index (κ3) is 6.04. The summed E-state index contributed by atoms with van der Waals surface area (Å²) in [6.07, 6.45) is 0. The maximum atomic E-state index is 5.32. The van der Waals surface area contributed by atoms with Gasteiger partial charge in [-0.3, -0.25) is 0 Å². The molecule has 10 aromatic carbocycles. The van der Waals surface area contributed by atoms with Crippen LogP contribution in [0.5, 0.6) is 0 Å². The molecular weight excluding hydrogens is 741 g/mol. The van der Waals surface area contributed by atoms with Gasteiger partial charge in [0.1, 0.15) is 0 Å². The normalized spacial score (nSPS) is 11.9. The number of hydrogen-bond donors (Lipinski definition) is 0. The monoisotopic (exact) mass is 776 g/mol. The summed E-state index contributed by atoms with van der Waals surface area (Å²) in [5.41, 5.74) is 13.3. The van der Waals surface area contributed by atoms with Gasteiger partial charge in [-0.2, -0.15) is 0 Å². The lowest BCUT2D eigenvalue weighted by Gasteiger charge is -2.34. The zero-order chi connectivity index (χ0) is 40.3. The molecule has 4 heteroatoms. The molecule has 0 N–H and O–H groups in total. The Morgan fingerprint density at radius 2 is 0.787 bits per heavy atom. The number of hydrogen-bond acceptors (Lipinski definition) is 4. The molecule has 0 bridgehead atoms. The fourth-order valence-electron chi connectivity index (χ4n) is 9.01. The minimum atomic E-state index is 0.632. The summed E-state index contributed by atoms with van der Waals surface area (Å²) in [6.45, 7) is 0. The van der Waals surface area contributed by atoms with Crippen LogP contribution in [0.1, 0.15) is 0 Å². The maximum Gasteiger partial charge on any atom is 0.164 e. The third-order valence-electron chi connectivity index (χ3n) is 12.0. The number of benzene rings is 10. The number of nitrogens with zero attached hydrogens (tertiary/aromatic N) is 4. The lowest BCUT2D eigenvalue weighted by molar-refractivity contribution is 1.08. The molecule has 2 heterocycles. The quantitative estimate of drug-likeness (QED) is 0.169. The summed E-state index contributed by atoms with van der Waals surface area (Å²) >= 11 is 0. The van der Waals surface area contributed by atoms with Crippen LogP contribution in [-0.4, -0.2) is 15.0 Å². The van der Waals surface area contributed by atoms with Crippen molar-refractivity contribution in [3.05, 3.63) is 218 Å². The van der Waals surface area contributed by atoms with Crippen molar-refractivity contribution in [2.75, 3.05) is 4.90 Å². The first-order valence-corrected chi connectivity index (χ1v) is 20.7. The van der Waals surface area contributed by atoms with Gasteiger partial charge in [0.15, 0.2) is 17.5 Å². The van der Waals surface area contributed by atoms with Gasteiger partial charge < -0.3 is 4.90 Å². The van der Waals surface area contributed by atoms with E-state index in [-0.39, 0.29) is 0 Å². The van der Waals surface area contributed by atoms with Crippen molar-refractivity contribution in [1.29, 1.82) is 0 Å². The molecule has 0 atom stereocenters. The molecule has 0 aliphatic carbocycles. The molecule has 0 radical (unpaired) electrons. The van der Waals surface area contributed by atoms with Crippen LogP contribution < -0.4 is 4.90 Å². The van der Waals surface area contributed by atoms with Crippen molar-refractivity contribution < 1.29 is 0 Å². The van der Waals surface area contributed by atoms with Gasteiger partial charge in [0.25, 0.3) is 0 Å². The van der Waals surface area contributed by atoms with Gasteiger partial charge >= 0.3 is 0 Å². The fourth-order valence-corrected chi connectivity index (χ4v) is 9.01. The molecule has 0 saturated carbocycles. The molecule has 0 saturated heterocycles. The van der Waals surface area contributed by atoms with Gasteiger partial charge in [-0.15, -0.1) is 0 Å². The molecule has 0 spiro atoms. The van der Waals surface area contributed by atoms with E-state index in [1.807, 2.05) is 0 Å². The zero-order valence-corrected chi connectivity index (χ0v) is 33.1. The highest BCUT2D eigenvalue weighted by atomic mass is 15.2. The Morgan fingerprint density at radius 3 is 1.48 bits per heavy atom. The van der Waals surface area contributed by atoms with E-state index in [1.54, 1.807) is 0 Å². The van der Waals surface area contributed by atoms with Gasteiger partial charge in [-0.25, -0.2) is 15.0 Å². The van der Waals surface area contributed by atoms with Crippen LogP contribution in [-0.2, 0) is 0 Å². The van der Waals surface area contributed by atoms with Crippen molar-refractivity contribution in [1.82, 2.24) is 15.0 Å². The molecule has 1 aliphatic rings. The highest BCUT2D eigenvalue weighted by Gasteiger charge is 2.28. The molecule has 284 valence electrons. The summed E-state index contributed by atoms with van der Waals surface area (Å²) in [7, 11) is 0. The van der Waals surface area contributed by atoms with Crippen molar-refractivity contribution in [3.63, 3.8) is 0 Å². The van der Waals surface area contributed by atoms with Crippen molar-refractivity contribution in [2.45, 2.75) is 0 Å². The molecule has 4 nitrogen and oxygen atoms in total. The van der Waals surface area contributed by atoms with E-state index in [9.17, 15) is 0 Å². The Kier molecular flexibility index (Phi) is 8.13. The number of rotatable bonds is 6. The number of para-hydroxylation sites is 1. The smallest absolute Gasteiger partial charge is 0.164 e. The van der Waals surface area contributed by atoms with Gasteiger partial charge in [0, 0.05) is 33.3 Å². The van der Waals surface area contributed by atoms with Crippen LogP contribution in [0.3, 0.4) is 0 Å². The first kappa shape index (κ1) is 34.8. The molecule has 1 aliphatic heterocycles. The Hall–Kier alpha value is -8.21. The molecule has 61 heavy (non-hydrogen) atoms. The van der Waals surface area contributed by atoms with Crippen LogP contribution >= 0.6 is 0 Å². The van der Waals surface area contributed by atoms with E-state index in [0.717, 1.165) is 60.7 Å². The van der Waals surface area contributed by atoms with Gasteiger partial charge in [0.2, 0.25) is 0 Å². The Bertz CT molecular complexity index is 3470. The van der Waals surface area contributed by atoms with Crippen LogP contribution in [0.25, 0.3) is 99.9 Å². The zero-order valence-electron chi connectivity index (χ0n) is 33.1. The van der Waals surface area contributed by atoms with Crippen LogP contribution in [0.4, 0.5) is 17.1 Å². The van der Waals surface area contributed by atoms with E-state index >= 15 is 0 Å². The molecular formula is C57H36N4. The minimum absolute atomic E-state index is 0.632. The Labute approximate surface area is 353 Å². The second-order valence-electron chi connectivity index (χ2n) is 15.6. The number of fused-ring (bicyclic) bond motifs is 4. The summed E-state index contributed by atoms with van der Waals surface area (Å²) in [4.78, 5) is 18.2. The Balaban J connectivity index is 1.06. The molecule has 12 rings (SSSR count). The topological polar surface area (TPSA) is 41.9 Å². The summed E-state index contributed by atoms with van der Waals surface area (Å²) < 4.78 is 0. The summed E-state index contributed by atoms with van der Waals surface area (Å²) in [6, 6.07) is 77.7. The molecule has 11 aromatic rings. The summed E-state index contributed by atoms with van der Waals surface area (Å²) in [5.74, 6) is 1.90. The SMILES string of the molecule is c1ccc(-c2ccc3c(c2)N(c2ccccc2)c2ccc(-c4nc(-c5ccc6ccccc6c5)nc(-c5ccc6cc(-c7ccccc7)ccc6c5)n4)c4cccc-3c24)cc1. The first-order valence-electron chi connectivity index (χ1n) is 20.7. The maximum absolute atomic E-state index is 5.32. The van der Waals surface area contributed by atoms with E-state index in [1.165, 1.54) is 38.8 Å². The third-order valence-corrected chi connectivity index (χ3v) is 12.0. The number of anilines is 3. The van der Waals surface area contributed by atoms with E-state index in [4.69, 9.17) is 15.0 Å². The van der Waals surface area contributed by atoms with Crippen molar-refractivity contribution in [3.8, 4) is 67.5 Å². The van der Waals surface area contributed by atoms with Crippen molar-refractivity contribution in [2.24, 2.45) is 0 Å². The van der Waals surface area contributed by atoms with E-state index in [2.05, 4.69) is 223 Å². The van der Waals surface area contributed by atoms with Crippen LogP contribution in [0.15, 0.2) is 218 Å². The molecule has 0 amide bonds. The van der Waals surface area contributed by atoms with Gasteiger partial charge in [-0.05, 0) is 103 Å². The molecule has 0 fully saturated rings. The standard InChI is InChI=1S/C57H36N4/c1-4-13-37(14-5-1)41-24-25-43-35-46(28-26-42(43)33-41)56-58-55(45-27-23-39-17-10-11-18-40(39)34-45)59-57(60-56)51-31-32-52-54-49(21-12-22-50(51)54)48-30-29-44(38-15-6-2-7-16-38)36-53(48)61(52)47-19-8-3-9-20-47/h1-36H. The highest BCUT2D eigenvalue weighted by Crippen LogP contribution is 2.53. The van der Waals surface area contributed by atoms with Gasteiger partial charge in [-0.1, -0.05) is 170 Å². The van der Waals surface area contributed by atoms with Gasteiger partial charge in [0.05, 0.1) is 11.4 Å². The Morgan fingerprint density at radius 1 is 0.279 bits per heavy atom. The average Bonchev–Trinajstić information content (AvgIpc) is 3.34. The predicted molar refractivity (Wildman–Crippen MR) is 253 cm³/mol. The van der Waals surface area contributed by atoms with Crippen LogP contribution in [0.2, 0.25) is 0 Å².